The first-order valence-corrected chi connectivity index (χ1v) is 10.4. The molecule has 33 heavy (non-hydrogen) atoms. The highest BCUT2D eigenvalue weighted by Gasteiger charge is 2.15. The lowest BCUT2D eigenvalue weighted by Gasteiger charge is -2.18. The van der Waals surface area contributed by atoms with E-state index in [0.717, 1.165) is 22.4 Å². The Balaban J connectivity index is 1.53. The molecule has 0 unspecified atom stereocenters. The monoisotopic (exact) mass is 447 g/mol. The van der Waals surface area contributed by atoms with Gasteiger partial charge in [0.15, 0.2) is 17.9 Å². The van der Waals surface area contributed by atoms with E-state index in [9.17, 15) is 4.79 Å². The van der Waals surface area contributed by atoms with Crippen LogP contribution in [0.25, 0.3) is 22.6 Å². The molecule has 0 bridgehead atoms. The van der Waals surface area contributed by atoms with E-state index in [4.69, 9.17) is 13.6 Å². The largest absolute Gasteiger partial charge is 0.496 e. The number of carbonyl (C=O) groups is 1. The second-order valence-corrected chi connectivity index (χ2v) is 7.37. The number of nitrogens with one attached hydrogen (secondary N) is 2. The van der Waals surface area contributed by atoms with Gasteiger partial charge in [-0.2, -0.15) is 0 Å². The zero-order chi connectivity index (χ0) is 23.2. The van der Waals surface area contributed by atoms with E-state index < -0.39 is 0 Å². The van der Waals surface area contributed by atoms with E-state index in [1.807, 2.05) is 42.5 Å². The van der Waals surface area contributed by atoms with Crippen molar-refractivity contribution in [3.05, 3.63) is 66.8 Å². The topological polar surface area (TPSA) is 106 Å². The molecule has 2 N–H and O–H groups in total. The molecule has 0 aliphatic rings. The smallest absolute Gasteiger partial charge is 0.299 e. The van der Waals surface area contributed by atoms with Gasteiger partial charge in [-0.05, 0) is 24.7 Å². The van der Waals surface area contributed by atoms with Gasteiger partial charge in [-0.1, -0.05) is 24.3 Å². The Morgan fingerprint density at radius 2 is 1.97 bits per heavy atom. The van der Waals surface area contributed by atoms with Gasteiger partial charge in [0.2, 0.25) is 5.91 Å². The summed E-state index contributed by atoms with van der Waals surface area (Å²) in [4.78, 5) is 22.1. The maximum absolute atomic E-state index is 12.2. The molecule has 2 aromatic heterocycles. The Bertz CT molecular complexity index is 1220. The Morgan fingerprint density at radius 3 is 2.73 bits per heavy atom. The zero-order valence-corrected chi connectivity index (χ0v) is 18.7. The van der Waals surface area contributed by atoms with Gasteiger partial charge >= 0.3 is 0 Å². The summed E-state index contributed by atoms with van der Waals surface area (Å²) < 4.78 is 16.8. The van der Waals surface area contributed by atoms with Crippen LogP contribution in [0.4, 0.5) is 11.7 Å². The minimum Gasteiger partial charge on any atom is -0.496 e. The molecular formula is C24H25N5O4. The van der Waals surface area contributed by atoms with Crippen LogP contribution < -0.4 is 15.4 Å². The van der Waals surface area contributed by atoms with Gasteiger partial charge in [0.05, 0.1) is 31.6 Å². The van der Waals surface area contributed by atoms with Crippen molar-refractivity contribution in [3.63, 3.8) is 0 Å². The third-order valence-corrected chi connectivity index (χ3v) is 5.10. The third-order valence-electron chi connectivity index (χ3n) is 5.10. The van der Waals surface area contributed by atoms with Gasteiger partial charge in [0.1, 0.15) is 5.75 Å². The zero-order valence-electron chi connectivity index (χ0n) is 18.7. The number of nitrogens with zero attached hydrogens (tertiary/aromatic N) is 3. The fourth-order valence-corrected chi connectivity index (χ4v) is 3.43. The average Bonchev–Trinajstić information content (AvgIpc) is 3.52. The number of anilines is 2. The van der Waals surface area contributed by atoms with Crippen molar-refractivity contribution in [2.75, 3.05) is 33.1 Å². The predicted octanol–water partition coefficient (Wildman–Crippen LogP) is 3.93. The number of oxazole rings is 2. The second-order valence-electron chi connectivity index (χ2n) is 7.37. The van der Waals surface area contributed by atoms with Crippen LogP contribution in [0.2, 0.25) is 0 Å². The summed E-state index contributed by atoms with van der Waals surface area (Å²) in [6, 6.07) is 13.7. The first-order valence-electron chi connectivity index (χ1n) is 10.4. The molecular weight excluding hydrogens is 422 g/mol. The maximum atomic E-state index is 12.2. The normalized spacial score (nSPS) is 10.8. The van der Waals surface area contributed by atoms with Crippen LogP contribution in [0.5, 0.6) is 5.75 Å². The number of methoxy groups -OCH3 is 1. The first kappa shape index (κ1) is 22.1. The molecule has 9 nitrogen and oxygen atoms in total. The van der Waals surface area contributed by atoms with Gasteiger partial charge in [0.25, 0.3) is 6.01 Å². The van der Waals surface area contributed by atoms with E-state index in [1.54, 1.807) is 38.5 Å². The van der Waals surface area contributed by atoms with Gasteiger partial charge in [-0.25, -0.2) is 9.97 Å². The second kappa shape index (κ2) is 10.0. The molecule has 4 aromatic rings. The van der Waals surface area contributed by atoms with Crippen molar-refractivity contribution in [3.8, 4) is 28.4 Å². The Labute approximate surface area is 191 Å². The minimum atomic E-state index is 0.00922. The number of hydrogen-bond acceptors (Lipinski definition) is 8. The van der Waals surface area contributed by atoms with E-state index in [1.165, 1.54) is 6.39 Å². The Kier molecular flexibility index (Phi) is 6.70. The predicted molar refractivity (Wildman–Crippen MR) is 124 cm³/mol. The van der Waals surface area contributed by atoms with Crippen molar-refractivity contribution < 1.29 is 18.4 Å². The average molecular weight is 447 g/mol. The molecule has 2 aromatic carbocycles. The first-order chi connectivity index (χ1) is 16.1. The summed E-state index contributed by atoms with van der Waals surface area (Å²) in [5, 5.41) is 6.04. The number of aromatic nitrogens is 2. The van der Waals surface area contributed by atoms with Crippen LogP contribution >= 0.6 is 0 Å². The van der Waals surface area contributed by atoms with Gasteiger partial charge in [0, 0.05) is 30.9 Å². The number of carbonyl (C=O) groups excluding carboxylic acids is 1. The Hall–Kier alpha value is -4.11. The molecule has 0 aliphatic heterocycles. The summed E-state index contributed by atoms with van der Waals surface area (Å²) in [5.41, 5.74) is 3.37. The van der Waals surface area contributed by atoms with Crippen molar-refractivity contribution in [1.29, 1.82) is 0 Å². The maximum Gasteiger partial charge on any atom is 0.299 e. The molecule has 0 spiro atoms. The van der Waals surface area contributed by atoms with Crippen LogP contribution in [0, 0.1) is 0 Å². The molecule has 0 saturated carbocycles. The summed E-state index contributed by atoms with van der Waals surface area (Å²) >= 11 is 0. The minimum absolute atomic E-state index is 0.00922. The van der Waals surface area contributed by atoms with Crippen LogP contribution in [0.1, 0.15) is 5.56 Å². The highest BCUT2D eigenvalue weighted by atomic mass is 16.5. The highest BCUT2D eigenvalue weighted by Crippen LogP contribution is 2.34. The van der Waals surface area contributed by atoms with Gasteiger partial charge in [-0.3, -0.25) is 4.79 Å². The van der Waals surface area contributed by atoms with Crippen molar-refractivity contribution in [2.24, 2.45) is 0 Å². The van der Waals surface area contributed by atoms with E-state index in [0.29, 0.717) is 29.8 Å². The molecule has 0 fully saturated rings. The summed E-state index contributed by atoms with van der Waals surface area (Å²) in [5.74, 6) is 1.86. The summed E-state index contributed by atoms with van der Waals surface area (Å²) in [6.45, 7) is 0.744. The molecule has 2 heterocycles. The van der Waals surface area contributed by atoms with Gasteiger partial charge < -0.3 is 29.1 Å². The SMILES string of the molecule is CNCC(=O)N(C)Cc1ccccc1-c1cnc(Nc2ccc(-c3cnco3)c(OC)c2)o1. The van der Waals surface area contributed by atoms with Crippen LogP contribution in [-0.4, -0.2) is 48.5 Å². The summed E-state index contributed by atoms with van der Waals surface area (Å²) in [7, 11) is 5.12. The lowest BCUT2D eigenvalue weighted by molar-refractivity contribution is -0.129. The third kappa shape index (κ3) is 5.04. The van der Waals surface area contributed by atoms with E-state index >= 15 is 0 Å². The molecule has 170 valence electrons. The highest BCUT2D eigenvalue weighted by molar-refractivity contribution is 5.78. The molecule has 0 radical (unpaired) electrons. The number of rotatable bonds is 9. The lowest BCUT2D eigenvalue weighted by atomic mass is 10.1. The number of benzene rings is 2. The van der Waals surface area contributed by atoms with E-state index in [-0.39, 0.29) is 12.5 Å². The lowest BCUT2D eigenvalue weighted by Crippen LogP contribution is -2.33. The fourth-order valence-electron chi connectivity index (χ4n) is 3.43. The number of hydrogen-bond donors (Lipinski definition) is 2. The molecule has 0 aliphatic carbocycles. The number of amides is 1. The van der Waals surface area contributed by atoms with Crippen molar-refractivity contribution in [2.45, 2.75) is 6.54 Å². The standard InChI is InChI=1S/C24H25N5O4/c1-25-13-23(30)29(2)14-16-6-4-5-7-18(16)22-12-27-24(33-22)28-17-8-9-19(20(10-17)31-3)21-11-26-15-32-21/h4-12,15,25H,13-14H2,1-3H3,(H,27,28). The van der Waals surface area contributed by atoms with Crippen LogP contribution in [0.15, 0.2) is 70.1 Å². The van der Waals surface area contributed by atoms with Crippen LogP contribution in [0.3, 0.4) is 0 Å². The van der Waals surface area contributed by atoms with Gasteiger partial charge in [-0.15, -0.1) is 0 Å². The molecule has 9 heteroatoms. The van der Waals surface area contributed by atoms with Crippen LogP contribution in [-0.2, 0) is 11.3 Å². The molecule has 4 rings (SSSR count). The molecule has 0 atom stereocenters. The molecule has 0 saturated heterocycles. The van der Waals surface area contributed by atoms with Crippen molar-refractivity contribution in [1.82, 2.24) is 20.2 Å². The van der Waals surface area contributed by atoms with E-state index in [2.05, 4.69) is 20.6 Å². The number of likely N-dealkylation sites (N-methyl/N-ethyl adjacent to an activating group) is 2. The fraction of sp³-hybridized carbons (Fsp3) is 0.208. The quantitative estimate of drug-likeness (QED) is 0.398. The Morgan fingerprint density at radius 1 is 1.12 bits per heavy atom. The molecule has 1 amide bonds. The summed E-state index contributed by atoms with van der Waals surface area (Å²) in [6.07, 6.45) is 4.67. The number of ether oxygens (including phenoxy) is 1. The van der Waals surface area contributed by atoms with Crippen molar-refractivity contribution >= 4 is 17.6 Å².